The van der Waals surface area contributed by atoms with Crippen molar-refractivity contribution in [3.05, 3.63) is 29.6 Å². The largest absolute Gasteiger partial charge is 0.315 e. The molecule has 0 spiro atoms. The fraction of sp³-hybridized carbons (Fsp3) is 0.529. The van der Waals surface area contributed by atoms with Gasteiger partial charge in [0.05, 0.1) is 17.5 Å². The Kier molecular flexibility index (Phi) is 4.94. The van der Waals surface area contributed by atoms with Crippen LogP contribution in [0.2, 0.25) is 0 Å². The molecule has 1 aromatic carbocycles. The summed E-state index contributed by atoms with van der Waals surface area (Å²) < 4.78 is 38.0. The van der Waals surface area contributed by atoms with Crippen LogP contribution in [0.3, 0.4) is 0 Å². The van der Waals surface area contributed by atoms with E-state index in [1.54, 1.807) is 24.0 Å². The highest BCUT2D eigenvalue weighted by molar-refractivity contribution is 8.16. The number of anilines is 1. The van der Waals surface area contributed by atoms with Gasteiger partial charge >= 0.3 is 0 Å². The summed E-state index contributed by atoms with van der Waals surface area (Å²) in [5.41, 5.74) is 1.05. The fourth-order valence-electron chi connectivity index (χ4n) is 3.10. The average Bonchev–Trinajstić information content (AvgIpc) is 2.92. The molecule has 0 radical (unpaired) electrons. The molecule has 1 amide bonds. The van der Waals surface area contributed by atoms with E-state index in [9.17, 15) is 17.6 Å². The maximum atomic E-state index is 14.0. The molecule has 2 aliphatic rings. The fourth-order valence-corrected chi connectivity index (χ4v) is 7.03. The van der Waals surface area contributed by atoms with Crippen LogP contribution in [-0.2, 0) is 14.6 Å². The molecule has 2 unspecified atom stereocenters. The highest BCUT2D eigenvalue weighted by Gasteiger charge is 2.49. The van der Waals surface area contributed by atoms with Gasteiger partial charge in [0, 0.05) is 17.4 Å². The van der Waals surface area contributed by atoms with Gasteiger partial charge in [-0.15, -0.1) is 0 Å². The molecule has 1 aromatic rings. The lowest BCUT2D eigenvalue weighted by Gasteiger charge is -2.24. The van der Waals surface area contributed by atoms with Gasteiger partial charge in [0.2, 0.25) is 5.91 Å². The van der Waals surface area contributed by atoms with Crippen molar-refractivity contribution < 1.29 is 17.6 Å². The summed E-state index contributed by atoms with van der Waals surface area (Å²) in [6, 6.07) is 4.46. The maximum Gasteiger partial charge on any atom is 0.248 e. The quantitative estimate of drug-likeness (QED) is 0.802. The van der Waals surface area contributed by atoms with Gasteiger partial charge in [-0.2, -0.15) is 4.99 Å². The summed E-state index contributed by atoms with van der Waals surface area (Å²) in [6.45, 7) is 5.55. The van der Waals surface area contributed by atoms with E-state index >= 15 is 0 Å². The molecule has 136 valence electrons. The van der Waals surface area contributed by atoms with Crippen LogP contribution >= 0.6 is 11.8 Å². The Morgan fingerprint density at radius 2 is 2.12 bits per heavy atom. The van der Waals surface area contributed by atoms with Crippen LogP contribution in [0.15, 0.2) is 23.2 Å². The third-order valence-corrected chi connectivity index (χ3v) is 7.51. The molecule has 0 aromatic heterocycles. The number of amidine groups is 1. The SMILES string of the molecule is Cc1ccc(N2C(=NC(=O)CC(C)C)SC3CS(=O)(=O)CC32)cc1F. The van der Waals surface area contributed by atoms with Crippen molar-refractivity contribution in [2.24, 2.45) is 10.9 Å². The highest BCUT2D eigenvalue weighted by atomic mass is 32.2. The monoisotopic (exact) mass is 384 g/mol. The Morgan fingerprint density at radius 3 is 2.76 bits per heavy atom. The highest BCUT2D eigenvalue weighted by Crippen LogP contribution is 2.41. The van der Waals surface area contributed by atoms with Crippen molar-refractivity contribution in [1.29, 1.82) is 0 Å². The number of nitrogens with zero attached hydrogens (tertiary/aromatic N) is 2. The van der Waals surface area contributed by atoms with Crippen molar-refractivity contribution in [3.8, 4) is 0 Å². The number of carbonyl (C=O) groups is 1. The topological polar surface area (TPSA) is 66.8 Å². The standard InChI is InChI=1S/C17H21FN2O3S2/c1-10(2)6-16(21)19-17-20(12-5-4-11(3)13(18)7-12)14-8-25(22,23)9-15(14)24-17/h4-5,7,10,14-15H,6,8-9H2,1-3H3. The van der Waals surface area contributed by atoms with E-state index in [0.29, 0.717) is 22.8 Å². The second-order valence-electron chi connectivity index (χ2n) is 6.99. The summed E-state index contributed by atoms with van der Waals surface area (Å²) in [5.74, 6) is -0.353. The molecule has 0 bridgehead atoms. The summed E-state index contributed by atoms with van der Waals surface area (Å²) in [5, 5.41) is 0.291. The second kappa shape index (κ2) is 6.72. The molecule has 2 fully saturated rings. The first-order chi connectivity index (χ1) is 11.7. The zero-order valence-corrected chi connectivity index (χ0v) is 16.0. The Morgan fingerprint density at radius 1 is 1.40 bits per heavy atom. The van der Waals surface area contributed by atoms with Crippen molar-refractivity contribution in [1.82, 2.24) is 0 Å². The predicted octanol–water partition coefficient (Wildman–Crippen LogP) is 2.78. The zero-order valence-electron chi connectivity index (χ0n) is 14.4. The first kappa shape index (κ1) is 18.4. The molecular weight excluding hydrogens is 363 g/mol. The first-order valence-corrected chi connectivity index (χ1v) is 10.9. The number of benzene rings is 1. The molecule has 25 heavy (non-hydrogen) atoms. The first-order valence-electron chi connectivity index (χ1n) is 8.20. The molecule has 8 heteroatoms. The third kappa shape index (κ3) is 3.89. The molecule has 2 atom stereocenters. The Hall–Kier alpha value is -1.41. The summed E-state index contributed by atoms with van der Waals surface area (Å²) in [6.07, 6.45) is 0.327. The second-order valence-corrected chi connectivity index (χ2v) is 10.4. The van der Waals surface area contributed by atoms with Gasteiger partial charge in [0.1, 0.15) is 5.82 Å². The van der Waals surface area contributed by atoms with E-state index in [4.69, 9.17) is 0 Å². The Bertz CT molecular complexity index is 836. The van der Waals surface area contributed by atoms with Crippen LogP contribution in [0.25, 0.3) is 0 Å². The number of aryl methyl sites for hydroxylation is 1. The van der Waals surface area contributed by atoms with Gasteiger partial charge in [-0.05, 0) is 30.5 Å². The molecule has 5 nitrogen and oxygen atoms in total. The van der Waals surface area contributed by atoms with Crippen molar-refractivity contribution >= 4 is 38.4 Å². The van der Waals surface area contributed by atoms with E-state index in [2.05, 4.69) is 4.99 Å². The van der Waals surface area contributed by atoms with Gasteiger partial charge < -0.3 is 4.90 Å². The van der Waals surface area contributed by atoms with Crippen LogP contribution in [0.5, 0.6) is 0 Å². The number of halogens is 1. The molecule has 0 N–H and O–H groups in total. The number of rotatable bonds is 3. The summed E-state index contributed by atoms with van der Waals surface area (Å²) in [7, 11) is -3.13. The van der Waals surface area contributed by atoms with Gasteiger partial charge in [-0.3, -0.25) is 4.79 Å². The van der Waals surface area contributed by atoms with E-state index in [1.165, 1.54) is 17.8 Å². The number of fused-ring (bicyclic) bond motifs is 1. The zero-order chi connectivity index (χ0) is 18.4. The molecular formula is C17H21FN2O3S2. The number of amides is 1. The minimum Gasteiger partial charge on any atom is -0.315 e. The average molecular weight is 384 g/mol. The molecule has 2 heterocycles. The number of hydrogen-bond acceptors (Lipinski definition) is 4. The number of aliphatic imine (C=N–C) groups is 1. The van der Waals surface area contributed by atoms with Crippen molar-refractivity contribution in [2.75, 3.05) is 16.4 Å². The van der Waals surface area contributed by atoms with E-state index < -0.39 is 9.84 Å². The van der Waals surface area contributed by atoms with Crippen LogP contribution in [-0.4, -0.2) is 42.3 Å². The number of sulfone groups is 1. The van der Waals surface area contributed by atoms with Crippen molar-refractivity contribution in [2.45, 2.75) is 38.5 Å². The number of hydrogen-bond donors (Lipinski definition) is 0. The predicted molar refractivity (Wildman–Crippen MR) is 99.3 cm³/mol. The smallest absolute Gasteiger partial charge is 0.248 e. The van der Waals surface area contributed by atoms with Gasteiger partial charge in [0.25, 0.3) is 0 Å². The Balaban J connectivity index is 1.99. The number of carbonyl (C=O) groups excluding carboxylic acids is 1. The summed E-state index contributed by atoms with van der Waals surface area (Å²) in [4.78, 5) is 18.1. The van der Waals surface area contributed by atoms with Crippen LogP contribution < -0.4 is 4.90 Å². The Labute approximate surface area is 151 Å². The number of thioether (sulfide) groups is 1. The van der Waals surface area contributed by atoms with Gasteiger partial charge in [-0.25, -0.2) is 12.8 Å². The lowest BCUT2D eigenvalue weighted by atomic mass is 10.1. The minimum absolute atomic E-state index is 0.00243. The van der Waals surface area contributed by atoms with E-state index in [-0.39, 0.29) is 40.4 Å². The molecule has 2 aliphatic heterocycles. The lowest BCUT2D eigenvalue weighted by Crippen LogP contribution is -2.37. The molecule has 2 saturated heterocycles. The lowest BCUT2D eigenvalue weighted by molar-refractivity contribution is -0.118. The van der Waals surface area contributed by atoms with Crippen LogP contribution in [0.1, 0.15) is 25.8 Å². The van der Waals surface area contributed by atoms with Gasteiger partial charge in [0.15, 0.2) is 15.0 Å². The van der Waals surface area contributed by atoms with Crippen LogP contribution in [0.4, 0.5) is 10.1 Å². The summed E-state index contributed by atoms with van der Waals surface area (Å²) >= 11 is 1.31. The third-order valence-electron chi connectivity index (χ3n) is 4.30. The van der Waals surface area contributed by atoms with E-state index in [0.717, 1.165) is 0 Å². The molecule has 0 aliphatic carbocycles. The minimum atomic E-state index is -3.13. The molecule has 3 rings (SSSR count). The van der Waals surface area contributed by atoms with Crippen molar-refractivity contribution in [3.63, 3.8) is 0 Å². The van der Waals surface area contributed by atoms with E-state index in [1.807, 2.05) is 13.8 Å². The molecule has 0 saturated carbocycles. The van der Waals surface area contributed by atoms with Crippen LogP contribution in [0, 0.1) is 18.7 Å². The normalized spacial score (nSPS) is 26.4. The van der Waals surface area contributed by atoms with Gasteiger partial charge in [-0.1, -0.05) is 31.7 Å². The maximum absolute atomic E-state index is 14.0.